The number of benzene rings is 1. The molecule has 0 spiro atoms. The second-order valence-corrected chi connectivity index (χ2v) is 3.61. The highest BCUT2D eigenvalue weighted by atomic mass is 16.1. The van der Waals surface area contributed by atoms with Crippen LogP contribution in [0.4, 0.5) is 0 Å². The second kappa shape index (κ2) is 3.16. The monoisotopic (exact) mass is 214 g/mol. The lowest BCUT2D eigenvalue weighted by Crippen LogP contribution is -2.15. The van der Waals surface area contributed by atoms with Crippen LogP contribution in [0.25, 0.3) is 16.6 Å². The molecule has 3 aromatic rings. The van der Waals surface area contributed by atoms with Crippen molar-refractivity contribution in [3.8, 4) is 0 Å². The minimum Gasteiger partial charge on any atom is -0.267 e. The molecule has 3 rings (SSSR count). The summed E-state index contributed by atoms with van der Waals surface area (Å²) in [5.74, 6) is 0. The molecule has 16 heavy (non-hydrogen) atoms. The van der Waals surface area contributed by atoms with Crippen molar-refractivity contribution in [2.45, 2.75) is 13.3 Å². The largest absolute Gasteiger partial charge is 0.281 e. The number of hydrogen-bond acceptors (Lipinski definition) is 3. The lowest BCUT2D eigenvalue weighted by molar-refractivity contribution is 0.819. The molecule has 0 aliphatic rings. The number of nitrogens with zero attached hydrogens (tertiary/aromatic N) is 3. The van der Waals surface area contributed by atoms with Gasteiger partial charge in [0.25, 0.3) is 5.56 Å². The summed E-state index contributed by atoms with van der Waals surface area (Å²) < 4.78 is 1.39. The number of aromatic nitrogens is 4. The summed E-state index contributed by atoms with van der Waals surface area (Å²) in [4.78, 5) is 16.5. The van der Waals surface area contributed by atoms with E-state index in [2.05, 4.69) is 15.3 Å². The SMILES string of the molecule is CCc1n[nH]n2c(=O)c3ccccc3nc12. The average Bonchev–Trinajstić information content (AvgIpc) is 2.72. The Morgan fingerprint density at radius 1 is 1.38 bits per heavy atom. The Kier molecular flexibility index (Phi) is 1.80. The van der Waals surface area contributed by atoms with Crippen LogP contribution in [0.5, 0.6) is 0 Å². The molecular formula is C11H10N4O. The van der Waals surface area contributed by atoms with Gasteiger partial charge in [-0.25, -0.2) is 10.2 Å². The third-order valence-corrected chi connectivity index (χ3v) is 2.65. The number of hydrogen-bond donors (Lipinski definition) is 1. The zero-order chi connectivity index (χ0) is 11.1. The van der Waals surface area contributed by atoms with Crippen molar-refractivity contribution in [3.05, 3.63) is 40.3 Å². The van der Waals surface area contributed by atoms with E-state index < -0.39 is 0 Å². The Labute approximate surface area is 90.7 Å². The van der Waals surface area contributed by atoms with Crippen molar-refractivity contribution in [3.63, 3.8) is 0 Å². The summed E-state index contributed by atoms with van der Waals surface area (Å²) in [5.41, 5.74) is 2.03. The van der Waals surface area contributed by atoms with Gasteiger partial charge in [0.2, 0.25) is 0 Å². The molecule has 0 saturated carbocycles. The van der Waals surface area contributed by atoms with E-state index in [9.17, 15) is 4.79 Å². The van der Waals surface area contributed by atoms with Gasteiger partial charge in [0.05, 0.1) is 10.9 Å². The van der Waals surface area contributed by atoms with Gasteiger partial charge < -0.3 is 0 Å². The molecule has 2 aromatic heterocycles. The van der Waals surface area contributed by atoms with Crippen molar-refractivity contribution in [1.29, 1.82) is 0 Å². The summed E-state index contributed by atoms with van der Waals surface area (Å²) in [6.07, 6.45) is 0.748. The number of aromatic amines is 1. The number of para-hydroxylation sites is 1. The fraction of sp³-hybridized carbons (Fsp3) is 0.182. The van der Waals surface area contributed by atoms with Crippen molar-refractivity contribution in [1.82, 2.24) is 19.8 Å². The van der Waals surface area contributed by atoms with E-state index in [0.717, 1.165) is 12.1 Å². The van der Waals surface area contributed by atoms with E-state index in [4.69, 9.17) is 0 Å². The van der Waals surface area contributed by atoms with Crippen molar-refractivity contribution in [2.24, 2.45) is 0 Å². The maximum atomic E-state index is 12.1. The molecule has 0 aliphatic heterocycles. The fourth-order valence-electron chi connectivity index (χ4n) is 1.82. The number of fused-ring (bicyclic) bond motifs is 2. The summed E-state index contributed by atoms with van der Waals surface area (Å²) in [7, 11) is 0. The zero-order valence-electron chi connectivity index (χ0n) is 8.77. The van der Waals surface area contributed by atoms with Gasteiger partial charge in [0.15, 0.2) is 5.65 Å². The molecule has 0 amide bonds. The first-order valence-corrected chi connectivity index (χ1v) is 5.16. The molecule has 0 bridgehead atoms. The molecule has 5 nitrogen and oxygen atoms in total. The predicted octanol–water partition coefficient (Wildman–Crippen LogP) is 1.13. The number of H-pyrrole nitrogens is 1. The molecular weight excluding hydrogens is 204 g/mol. The van der Waals surface area contributed by atoms with Gasteiger partial charge in [-0.2, -0.15) is 9.61 Å². The van der Waals surface area contributed by atoms with Gasteiger partial charge >= 0.3 is 0 Å². The molecule has 0 atom stereocenters. The van der Waals surface area contributed by atoms with E-state index in [1.54, 1.807) is 6.07 Å². The predicted molar refractivity (Wildman–Crippen MR) is 60.5 cm³/mol. The van der Waals surface area contributed by atoms with Gasteiger partial charge in [-0.1, -0.05) is 19.1 Å². The van der Waals surface area contributed by atoms with Crippen LogP contribution < -0.4 is 5.56 Å². The minimum absolute atomic E-state index is 0.104. The highest BCUT2D eigenvalue weighted by Gasteiger charge is 2.09. The van der Waals surface area contributed by atoms with Crippen LogP contribution in [0.2, 0.25) is 0 Å². The molecule has 80 valence electrons. The molecule has 0 aliphatic carbocycles. The maximum Gasteiger partial charge on any atom is 0.281 e. The molecule has 5 heteroatoms. The van der Waals surface area contributed by atoms with E-state index >= 15 is 0 Å². The molecule has 0 radical (unpaired) electrons. The summed E-state index contributed by atoms with van der Waals surface area (Å²) in [6.45, 7) is 1.98. The van der Waals surface area contributed by atoms with Crippen LogP contribution in [-0.4, -0.2) is 19.8 Å². The van der Waals surface area contributed by atoms with Crippen LogP contribution in [0.15, 0.2) is 29.1 Å². The normalized spacial score (nSPS) is 11.3. The molecule has 2 heterocycles. The number of rotatable bonds is 1. The van der Waals surface area contributed by atoms with E-state index in [1.165, 1.54) is 4.52 Å². The summed E-state index contributed by atoms with van der Waals surface area (Å²) in [6, 6.07) is 7.30. The highest BCUT2D eigenvalue weighted by molar-refractivity contribution is 5.79. The Morgan fingerprint density at radius 2 is 2.19 bits per heavy atom. The lowest BCUT2D eigenvalue weighted by atomic mass is 10.2. The van der Waals surface area contributed by atoms with Crippen molar-refractivity contribution in [2.75, 3.05) is 0 Å². The Bertz CT molecular complexity index is 726. The number of nitrogens with one attached hydrogen (secondary N) is 1. The van der Waals surface area contributed by atoms with Crippen molar-refractivity contribution >= 4 is 16.6 Å². The van der Waals surface area contributed by atoms with E-state index in [1.807, 2.05) is 25.1 Å². The third-order valence-electron chi connectivity index (χ3n) is 2.65. The summed E-state index contributed by atoms with van der Waals surface area (Å²) >= 11 is 0. The second-order valence-electron chi connectivity index (χ2n) is 3.61. The quantitative estimate of drug-likeness (QED) is 0.660. The van der Waals surface area contributed by atoms with E-state index in [-0.39, 0.29) is 5.56 Å². The first kappa shape index (κ1) is 9.08. The zero-order valence-corrected chi connectivity index (χ0v) is 8.77. The molecule has 0 saturated heterocycles. The van der Waals surface area contributed by atoms with Crippen LogP contribution in [0, 0.1) is 0 Å². The Morgan fingerprint density at radius 3 is 3.00 bits per heavy atom. The first-order chi connectivity index (χ1) is 7.81. The summed E-state index contributed by atoms with van der Waals surface area (Å²) in [5, 5.41) is 7.37. The Balaban J connectivity index is 2.58. The van der Waals surface area contributed by atoms with Crippen LogP contribution in [0.3, 0.4) is 0 Å². The smallest absolute Gasteiger partial charge is 0.267 e. The van der Waals surface area contributed by atoms with Crippen LogP contribution >= 0.6 is 0 Å². The van der Waals surface area contributed by atoms with Crippen molar-refractivity contribution < 1.29 is 0 Å². The molecule has 1 N–H and O–H groups in total. The fourth-order valence-corrected chi connectivity index (χ4v) is 1.82. The van der Waals surface area contributed by atoms with Gasteiger partial charge in [-0.15, -0.1) is 0 Å². The van der Waals surface area contributed by atoms with Crippen LogP contribution in [-0.2, 0) is 6.42 Å². The molecule has 0 unspecified atom stereocenters. The maximum absolute atomic E-state index is 12.1. The first-order valence-electron chi connectivity index (χ1n) is 5.16. The highest BCUT2D eigenvalue weighted by Crippen LogP contribution is 2.10. The molecule has 1 aromatic carbocycles. The van der Waals surface area contributed by atoms with Crippen LogP contribution in [0.1, 0.15) is 12.6 Å². The topological polar surface area (TPSA) is 63.1 Å². The lowest BCUT2D eigenvalue weighted by Gasteiger charge is -1.97. The molecule has 0 fully saturated rings. The standard InChI is InChI=1S/C11H10N4O/c1-2-8-10-12-9-6-4-3-5-7(9)11(16)15(10)14-13-8/h3-6,14H,2H2,1H3. The minimum atomic E-state index is -0.104. The van der Waals surface area contributed by atoms with Gasteiger partial charge in [0.1, 0.15) is 5.69 Å². The van der Waals surface area contributed by atoms with E-state index in [0.29, 0.717) is 16.6 Å². The Hall–Kier alpha value is -2.17. The van der Waals surface area contributed by atoms with Gasteiger partial charge in [-0.05, 0) is 18.6 Å². The third kappa shape index (κ3) is 1.08. The number of aryl methyl sites for hydroxylation is 1. The van der Waals surface area contributed by atoms with Gasteiger partial charge in [0, 0.05) is 0 Å². The van der Waals surface area contributed by atoms with Gasteiger partial charge in [-0.3, -0.25) is 4.79 Å². The average molecular weight is 214 g/mol.